The van der Waals surface area contributed by atoms with Crippen molar-refractivity contribution >= 4 is 39.6 Å². The van der Waals surface area contributed by atoms with Crippen LogP contribution in [0.25, 0.3) is 0 Å². The van der Waals surface area contributed by atoms with Crippen LogP contribution in [0, 0.1) is 5.82 Å². The molecule has 35 heavy (non-hydrogen) atoms. The first-order chi connectivity index (χ1) is 17.1. The van der Waals surface area contributed by atoms with Gasteiger partial charge < -0.3 is 0 Å². The van der Waals surface area contributed by atoms with E-state index >= 15 is 4.39 Å². The van der Waals surface area contributed by atoms with Crippen molar-refractivity contribution in [1.29, 1.82) is 0 Å². The van der Waals surface area contributed by atoms with Gasteiger partial charge in [0.1, 0.15) is 0 Å². The van der Waals surface area contributed by atoms with Gasteiger partial charge in [0.25, 0.3) is 0 Å². The van der Waals surface area contributed by atoms with Gasteiger partial charge >= 0.3 is 210 Å². The zero-order valence-corrected chi connectivity index (χ0v) is 20.5. The number of hydrogen-bond acceptors (Lipinski definition) is 1. The number of benzene rings is 5. The minimum absolute atomic E-state index is 0.277. The Labute approximate surface area is 209 Å². The van der Waals surface area contributed by atoms with E-state index in [1.165, 1.54) is 6.07 Å². The number of halogens is 2. The van der Waals surface area contributed by atoms with Crippen molar-refractivity contribution in [2.45, 2.75) is 6.10 Å². The van der Waals surface area contributed by atoms with Crippen molar-refractivity contribution in [3.05, 3.63) is 155 Å². The van der Waals surface area contributed by atoms with Crippen LogP contribution >= 0.6 is 18.4 Å². The minimum atomic E-state index is -3.83. The summed E-state index contributed by atoms with van der Waals surface area (Å²) in [6.45, 7) is -3.83. The molecule has 5 aromatic carbocycles. The summed E-state index contributed by atoms with van der Waals surface area (Å²) in [6.07, 6.45) is -0.388. The van der Waals surface area contributed by atoms with Gasteiger partial charge in [0.05, 0.1) is 0 Å². The molecule has 172 valence electrons. The first-order valence-corrected chi connectivity index (χ1v) is 14.1. The quantitative estimate of drug-likeness (QED) is 0.252. The van der Waals surface area contributed by atoms with Crippen LogP contribution < -0.4 is 21.2 Å². The van der Waals surface area contributed by atoms with E-state index in [0.29, 0.717) is 5.02 Å². The Morgan fingerprint density at radius 2 is 1.09 bits per heavy atom. The molecule has 0 aliphatic carbocycles. The van der Waals surface area contributed by atoms with Gasteiger partial charge in [-0.15, -0.1) is 0 Å². The summed E-state index contributed by atoms with van der Waals surface area (Å²) in [5.41, 5.74) is 1.96. The van der Waals surface area contributed by atoms with E-state index < -0.39 is 6.83 Å². The van der Waals surface area contributed by atoms with Gasteiger partial charge in [-0.3, -0.25) is 0 Å². The van der Waals surface area contributed by atoms with Crippen LogP contribution in [0.15, 0.2) is 133 Å². The van der Waals surface area contributed by atoms with Crippen LogP contribution in [0.5, 0.6) is 0 Å². The third-order valence-electron chi connectivity index (χ3n) is 6.97. The average Bonchev–Trinajstić information content (AvgIpc) is 3.23. The monoisotopic (exact) mass is 496 g/mol. The Hall–Kier alpha value is -3.29. The molecular formula is C31H23ClFOP. The van der Waals surface area contributed by atoms with Crippen molar-refractivity contribution in [3.8, 4) is 0 Å². The predicted molar refractivity (Wildman–Crippen MR) is 146 cm³/mol. The fourth-order valence-corrected chi connectivity index (χ4v) is 11.8. The van der Waals surface area contributed by atoms with E-state index in [4.69, 9.17) is 16.1 Å². The molecule has 0 N–H and O–H groups in total. The van der Waals surface area contributed by atoms with Gasteiger partial charge in [0, 0.05) is 0 Å². The number of hydrogen-bond donors (Lipinski definition) is 0. The van der Waals surface area contributed by atoms with Crippen molar-refractivity contribution in [2.24, 2.45) is 0 Å². The zero-order valence-electron chi connectivity index (χ0n) is 18.9. The van der Waals surface area contributed by atoms with Gasteiger partial charge in [0.15, 0.2) is 0 Å². The van der Waals surface area contributed by atoms with Crippen LogP contribution in [-0.4, -0.2) is 0 Å². The van der Waals surface area contributed by atoms with Crippen LogP contribution in [0.2, 0.25) is 5.02 Å². The van der Waals surface area contributed by atoms with Crippen molar-refractivity contribution in [1.82, 2.24) is 0 Å². The van der Waals surface area contributed by atoms with Gasteiger partial charge in [0.2, 0.25) is 0 Å². The molecule has 6 rings (SSSR count). The Morgan fingerprint density at radius 3 is 1.57 bits per heavy atom. The molecule has 5 aromatic rings. The van der Waals surface area contributed by atoms with E-state index in [9.17, 15) is 0 Å². The van der Waals surface area contributed by atoms with Crippen LogP contribution in [0.1, 0.15) is 17.2 Å². The van der Waals surface area contributed by atoms with Crippen molar-refractivity contribution in [3.63, 3.8) is 0 Å². The molecule has 0 aromatic heterocycles. The molecular weight excluding hydrogens is 474 g/mol. The molecule has 1 aliphatic heterocycles. The van der Waals surface area contributed by atoms with E-state index in [0.717, 1.165) is 32.3 Å². The van der Waals surface area contributed by atoms with E-state index in [2.05, 4.69) is 36.4 Å². The Bertz CT molecular complexity index is 1390. The van der Waals surface area contributed by atoms with Crippen LogP contribution in [0.3, 0.4) is 0 Å². The third kappa shape index (κ3) is 3.15. The maximum atomic E-state index is 15.2. The van der Waals surface area contributed by atoms with Crippen LogP contribution in [-0.2, 0) is 4.52 Å². The molecule has 0 fully saturated rings. The molecule has 1 nitrogen and oxygen atoms in total. The normalized spacial score (nSPS) is 18.8. The molecule has 4 heteroatoms. The summed E-state index contributed by atoms with van der Waals surface area (Å²) in [5.74, 6) is -0.277. The van der Waals surface area contributed by atoms with Gasteiger partial charge in [-0.25, -0.2) is 0 Å². The standard InChI is InChI=1S/C31H23ClFOP/c32-24-18-16-23(17-19-24)31-29-21-20-25(33)22-30(29)35(34-31,26-10-4-1-5-11-26,27-12-6-2-7-13-27)28-14-8-3-9-15-28/h1-22,31H/t31-/m0/s1. The average molecular weight is 497 g/mol. The summed E-state index contributed by atoms with van der Waals surface area (Å²) in [7, 11) is 0. The second-order valence-corrected chi connectivity index (χ2v) is 13.5. The van der Waals surface area contributed by atoms with E-state index in [1.54, 1.807) is 6.07 Å². The topological polar surface area (TPSA) is 9.23 Å². The maximum absolute atomic E-state index is 15.2. The Kier molecular flexibility index (Phi) is 5.34. The van der Waals surface area contributed by atoms with E-state index in [1.807, 2.05) is 84.9 Å². The SMILES string of the molecule is Fc1ccc2c(c1)P(c1ccccc1)(c1ccccc1)(c1ccccc1)O[C@H]2c1ccc(Cl)cc1. The zero-order chi connectivity index (χ0) is 23.9. The molecule has 1 aliphatic rings. The summed E-state index contributed by atoms with van der Waals surface area (Å²) >= 11 is 6.23. The summed E-state index contributed by atoms with van der Waals surface area (Å²) < 4.78 is 22.7. The second kappa shape index (κ2) is 8.43. The third-order valence-corrected chi connectivity index (χ3v) is 13.0. The second-order valence-electron chi connectivity index (χ2n) is 8.78. The fourth-order valence-electron chi connectivity index (χ4n) is 5.49. The molecule has 0 unspecified atom stereocenters. The van der Waals surface area contributed by atoms with Crippen molar-refractivity contribution in [2.75, 3.05) is 0 Å². The van der Waals surface area contributed by atoms with Crippen molar-refractivity contribution < 1.29 is 8.91 Å². The van der Waals surface area contributed by atoms with Crippen LogP contribution in [0.4, 0.5) is 4.39 Å². The van der Waals surface area contributed by atoms with Gasteiger partial charge in [-0.05, 0) is 0 Å². The van der Waals surface area contributed by atoms with Gasteiger partial charge in [-0.1, -0.05) is 0 Å². The molecule has 0 bridgehead atoms. The number of fused-ring (bicyclic) bond motifs is 1. The molecule has 0 spiro atoms. The molecule has 1 heterocycles. The fraction of sp³-hybridized carbons (Fsp3) is 0.0323. The molecule has 0 saturated carbocycles. The predicted octanol–water partition coefficient (Wildman–Crippen LogP) is 6.67. The number of rotatable bonds is 4. The Balaban J connectivity index is 1.82. The summed E-state index contributed by atoms with van der Waals surface area (Å²) in [4.78, 5) is 0. The first-order valence-electron chi connectivity index (χ1n) is 11.6. The summed E-state index contributed by atoms with van der Waals surface area (Å²) in [5, 5.41) is 4.69. The van der Waals surface area contributed by atoms with Gasteiger partial charge in [-0.2, -0.15) is 0 Å². The first kappa shape index (κ1) is 22.2. The molecule has 0 radical (unpaired) electrons. The Morgan fingerprint density at radius 1 is 0.600 bits per heavy atom. The van der Waals surface area contributed by atoms with E-state index in [-0.39, 0.29) is 11.9 Å². The molecule has 0 saturated heterocycles. The molecule has 1 atom stereocenters. The molecule has 0 amide bonds. The summed E-state index contributed by atoms with van der Waals surface area (Å²) in [6, 6.07) is 43.8.